The van der Waals surface area contributed by atoms with Gasteiger partial charge in [0.2, 0.25) is 15.9 Å². The standard InChI is InChI=1S/C20H20FN5O3S/c1-12(27)22-6-5-13-10-23-20-17(13)8-15(21)9-19(20)26(30(2,28)29)16-3-4-18-14(7-16)11-24-25-18/h3-4,7-11,23H,5-6H2,1-2H3,(H,22,27)(H,24,25). The van der Waals surface area contributed by atoms with E-state index in [0.29, 0.717) is 29.6 Å². The van der Waals surface area contributed by atoms with Crippen molar-refractivity contribution in [3.05, 3.63) is 54.1 Å². The topological polar surface area (TPSA) is 111 Å². The lowest BCUT2D eigenvalue weighted by Crippen LogP contribution is -2.25. The lowest BCUT2D eigenvalue weighted by molar-refractivity contribution is -0.118. The van der Waals surface area contributed by atoms with Crippen molar-refractivity contribution in [2.24, 2.45) is 0 Å². The number of hydrogen-bond donors (Lipinski definition) is 3. The van der Waals surface area contributed by atoms with Crippen LogP contribution in [0.5, 0.6) is 0 Å². The molecule has 0 spiro atoms. The number of H-pyrrole nitrogens is 2. The summed E-state index contributed by atoms with van der Waals surface area (Å²) >= 11 is 0. The lowest BCUT2D eigenvalue weighted by atomic mass is 10.1. The van der Waals surface area contributed by atoms with Crippen LogP contribution in [0, 0.1) is 5.82 Å². The fourth-order valence-corrected chi connectivity index (χ4v) is 4.54. The largest absolute Gasteiger partial charge is 0.359 e. The van der Waals surface area contributed by atoms with Gasteiger partial charge in [-0.05, 0) is 36.2 Å². The number of aromatic amines is 2. The first-order chi connectivity index (χ1) is 14.2. The number of carbonyl (C=O) groups excluding carboxylic acids is 1. The Morgan fingerprint density at radius 3 is 2.80 bits per heavy atom. The highest BCUT2D eigenvalue weighted by atomic mass is 32.2. The Morgan fingerprint density at radius 1 is 1.27 bits per heavy atom. The Morgan fingerprint density at radius 2 is 2.07 bits per heavy atom. The zero-order valence-corrected chi connectivity index (χ0v) is 17.2. The van der Waals surface area contributed by atoms with Gasteiger partial charge < -0.3 is 10.3 Å². The van der Waals surface area contributed by atoms with Crippen LogP contribution in [0.25, 0.3) is 21.8 Å². The molecule has 0 fully saturated rings. The van der Waals surface area contributed by atoms with Crippen molar-refractivity contribution in [2.75, 3.05) is 17.1 Å². The van der Waals surface area contributed by atoms with E-state index in [2.05, 4.69) is 20.5 Å². The summed E-state index contributed by atoms with van der Waals surface area (Å²) in [5.41, 5.74) is 2.58. The van der Waals surface area contributed by atoms with Crippen molar-refractivity contribution in [1.29, 1.82) is 0 Å². The molecule has 1 amide bonds. The van der Waals surface area contributed by atoms with E-state index < -0.39 is 15.8 Å². The Labute approximate surface area is 172 Å². The Bertz CT molecular complexity index is 1360. The Kier molecular flexibility index (Phi) is 4.94. The minimum Gasteiger partial charge on any atom is -0.359 e. The number of rotatable bonds is 6. The van der Waals surface area contributed by atoms with Gasteiger partial charge in [0.05, 0.1) is 34.9 Å². The first-order valence-electron chi connectivity index (χ1n) is 9.21. The number of amides is 1. The second kappa shape index (κ2) is 7.45. The number of benzene rings is 2. The average Bonchev–Trinajstić information content (AvgIpc) is 3.27. The van der Waals surface area contributed by atoms with Crippen LogP contribution in [0.1, 0.15) is 12.5 Å². The Hall–Kier alpha value is -3.40. The molecule has 0 aliphatic carbocycles. The van der Waals surface area contributed by atoms with Crippen LogP contribution in [0.3, 0.4) is 0 Å². The van der Waals surface area contributed by atoms with Crippen molar-refractivity contribution in [3.8, 4) is 0 Å². The van der Waals surface area contributed by atoms with Crippen molar-refractivity contribution >= 4 is 49.1 Å². The smallest absolute Gasteiger partial charge is 0.236 e. The third-order valence-corrected chi connectivity index (χ3v) is 5.87. The van der Waals surface area contributed by atoms with Gasteiger partial charge in [0.15, 0.2) is 0 Å². The number of nitrogens with one attached hydrogen (secondary N) is 3. The molecule has 4 aromatic rings. The fraction of sp³-hybridized carbons (Fsp3) is 0.200. The van der Waals surface area contributed by atoms with Gasteiger partial charge >= 0.3 is 0 Å². The van der Waals surface area contributed by atoms with Crippen LogP contribution >= 0.6 is 0 Å². The summed E-state index contributed by atoms with van der Waals surface area (Å²) < 4.78 is 41.1. The summed E-state index contributed by atoms with van der Waals surface area (Å²) in [4.78, 5) is 14.2. The normalized spacial score (nSPS) is 11.8. The fourth-order valence-electron chi connectivity index (χ4n) is 3.54. The van der Waals surface area contributed by atoms with Gasteiger partial charge in [-0.25, -0.2) is 17.1 Å². The third-order valence-electron chi connectivity index (χ3n) is 4.80. The summed E-state index contributed by atoms with van der Waals surface area (Å²) in [6.07, 6.45) is 4.84. The maximum Gasteiger partial charge on any atom is 0.236 e. The molecule has 0 aliphatic heterocycles. The second-order valence-corrected chi connectivity index (χ2v) is 8.89. The number of fused-ring (bicyclic) bond motifs is 2. The van der Waals surface area contributed by atoms with E-state index in [9.17, 15) is 17.6 Å². The number of halogens is 1. The molecule has 2 heterocycles. The zero-order chi connectivity index (χ0) is 21.5. The van der Waals surface area contributed by atoms with Gasteiger partial charge in [-0.2, -0.15) is 5.10 Å². The van der Waals surface area contributed by atoms with E-state index in [1.807, 2.05) is 0 Å². The summed E-state index contributed by atoms with van der Waals surface area (Å²) in [5, 5.41) is 10.8. The van der Waals surface area contributed by atoms with Crippen LogP contribution in [0.2, 0.25) is 0 Å². The maximum atomic E-state index is 14.6. The molecule has 4 rings (SSSR count). The molecular weight excluding hydrogens is 409 g/mol. The van der Waals surface area contributed by atoms with Crippen LogP contribution in [-0.4, -0.2) is 42.3 Å². The molecule has 0 bridgehead atoms. The molecule has 30 heavy (non-hydrogen) atoms. The molecule has 10 heteroatoms. The lowest BCUT2D eigenvalue weighted by Gasteiger charge is -2.23. The van der Waals surface area contributed by atoms with Crippen molar-refractivity contribution in [3.63, 3.8) is 0 Å². The molecule has 8 nitrogen and oxygen atoms in total. The van der Waals surface area contributed by atoms with Crippen molar-refractivity contribution < 1.29 is 17.6 Å². The number of nitrogens with zero attached hydrogens (tertiary/aromatic N) is 2. The van der Waals surface area contributed by atoms with Crippen LogP contribution in [0.15, 0.2) is 42.7 Å². The molecule has 2 aromatic carbocycles. The molecule has 3 N–H and O–H groups in total. The summed E-state index contributed by atoms with van der Waals surface area (Å²) in [6.45, 7) is 1.81. The SMILES string of the molecule is CC(=O)NCCc1c[nH]c2c(N(c3ccc4[nH]ncc4c3)S(C)(=O)=O)cc(F)cc12. The molecule has 0 radical (unpaired) electrons. The minimum absolute atomic E-state index is 0.153. The quantitative estimate of drug-likeness (QED) is 0.438. The maximum absolute atomic E-state index is 14.6. The molecule has 2 aromatic heterocycles. The molecule has 156 valence electrons. The van der Waals surface area contributed by atoms with Gasteiger partial charge in [0.1, 0.15) is 5.82 Å². The minimum atomic E-state index is -3.79. The van der Waals surface area contributed by atoms with E-state index >= 15 is 0 Å². The first kappa shape index (κ1) is 19.9. The highest BCUT2D eigenvalue weighted by Crippen LogP contribution is 2.37. The van der Waals surface area contributed by atoms with E-state index in [-0.39, 0.29) is 11.6 Å². The molecule has 0 atom stereocenters. The number of hydrogen-bond acceptors (Lipinski definition) is 4. The third kappa shape index (κ3) is 3.73. The van der Waals surface area contributed by atoms with Gasteiger partial charge in [0, 0.05) is 36.5 Å². The van der Waals surface area contributed by atoms with Gasteiger partial charge in [0.25, 0.3) is 0 Å². The summed E-state index contributed by atoms with van der Waals surface area (Å²) in [7, 11) is -3.79. The van der Waals surface area contributed by atoms with E-state index in [1.165, 1.54) is 19.1 Å². The van der Waals surface area contributed by atoms with Crippen LogP contribution < -0.4 is 9.62 Å². The van der Waals surface area contributed by atoms with Gasteiger partial charge in [-0.3, -0.25) is 9.89 Å². The number of aromatic nitrogens is 3. The summed E-state index contributed by atoms with van der Waals surface area (Å²) in [6, 6.07) is 7.59. The highest BCUT2D eigenvalue weighted by molar-refractivity contribution is 7.92. The molecular formula is C20H20FN5O3S. The monoisotopic (exact) mass is 429 g/mol. The summed E-state index contributed by atoms with van der Waals surface area (Å²) in [5.74, 6) is -0.712. The number of sulfonamides is 1. The van der Waals surface area contributed by atoms with Crippen molar-refractivity contribution in [1.82, 2.24) is 20.5 Å². The van der Waals surface area contributed by atoms with Crippen LogP contribution in [0.4, 0.5) is 15.8 Å². The molecule has 0 unspecified atom stereocenters. The predicted octanol–water partition coefficient (Wildman–Crippen LogP) is 2.96. The first-order valence-corrected chi connectivity index (χ1v) is 11.1. The van der Waals surface area contributed by atoms with Crippen LogP contribution in [-0.2, 0) is 21.2 Å². The zero-order valence-electron chi connectivity index (χ0n) is 16.4. The predicted molar refractivity (Wildman–Crippen MR) is 114 cm³/mol. The second-order valence-electron chi connectivity index (χ2n) is 7.06. The average molecular weight is 429 g/mol. The van der Waals surface area contributed by atoms with E-state index in [0.717, 1.165) is 27.0 Å². The van der Waals surface area contributed by atoms with Crippen molar-refractivity contribution in [2.45, 2.75) is 13.3 Å². The molecule has 0 saturated carbocycles. The Balaban J connectivity index is 1.85. The molecule has 0 aliphatic rings. The van der Waals surface area contributed by atoms with E-state index in [1.54, 1.807) is 30.6 Å². The number of anilines is 2. The van der Waals surface area contributed by atoms with Gasteiger partial charge in [-0.15, -0.1) is 0 Å². The van der Waals surface area contributed by atoms with E-state index in [4.69, 9.17) is 0 Å². The van der Waals surface area contributed by atoms with Gasteiger partial charge in [-0.1, -0.05) is 0 Å². The highest BCUT2D eigenvalue weighted by Gasteiger charge is 2.24. The molecule has 0 saturated heterocycles. The number of carbonyl (C=O) groups is 1.